The number of Topliss-reactive ketones (excluding diaryl/α,β-unsaturated/α-hetero) is 2. The maximum atomic E-state index is 9.62. The Hall–Kier alpha value is -0.660. The molecule has 6 heavy (non-hydrogen) atoms. The van der Waals surface area contributed by atoms with E-state index in [2.05, 4.69) is 13.8 Å². The van der Waals surface area contributed by atoms with Crippen molar-refractivity contribution in [3.05, 3.63) is 13.8 Å². The second-order valence-corrected chi connectivity index (χ2v) is 0.846. The molecule has 2 radical (unpaired) electrons. The minimum Gasteiger partial charge on any atom is -0.291 e. The van der Waals surface area contributed by atoms with Crippen LogP contribution >= 0.6 is 0 Å². The maximum absolute atomic E-state index is 9.62. The third kappa shape index (κ3) is 1.64. The van der Waals surface area contributed by atoms with Crippen LogP contribution in [0.5, 0.6) is 0 Å². The third-order valence-electron chi connectivity index (χ3n) is 0.311. The van der Waals surface area contributed by atoms with Gasteiger partial charge in [-0.15, -0.1) is 0 Å². The maximum Gasteiger partial charge on any atom is 0.198 e. The van der Waals surface area contributed by atoms with Gasteiger partial charge in [0.05, 0.1) is 0 Å². The van der Waals surface area contributed by atoms with Gasteiger partial charge in [-0.05, 0) is 0 Å². The fraction of sp³-hybridized carbons (Fsp3) is 0. The van der Waals surface area contributed by atoms with E-state index in [-0.39, 0.29) is 0 Å². The molecule has 0 aliphatic carbocycles. The van der Waals surface area contributed by atoms with Crippen LogP contribution in [0.25, 0.3) is 0 Å². The molecule has 0 bridgehead atoms. The lowest BCUT2D eigenvalue weighted by Gasteiger charge is -1.72. The highest BCUT2D eigenvalue weighted by Gasteiger charge is 1.94. The fourth-order valence-electron chi connectivity index (χ4n) is 0. The number of hydrogen-bond donors (Lipinski definition) is 0. The van der Waals surface area contributed by atoms with Gasteiger partial charge in [-0.25, -0.2) is 0 Å². The molecule has 0 aromatic carbocycles. The number of hydrogen-bond acceptors (Lipinski definition) is 2. The van der Waals surface area contributed by atoms with Gasteiger partial charge in [0, 0.05) is 13.8 Å². The van der Waals surface area contributed by atoms with Crippen LogP contribution in [0, 0.1) is 13.8 Å². The van der Waals surface area contributed by atoms with Gasteiger partial charge in [0.1, 0.15) is 0 Å². The third-order valence-corrected chi connectivity index (χ3v) is 0.311. The summed E-state index contributed by atoms with van der Waals surface area (Å²) in [7, 11) is 0. The highest BCUT2D eigenvalue weighted by molar-refractivity contribution is 6.40. The summed E-state index contributed by atoms with van der Waals surface area (Å²) in [6.07, 6.45) is 0. The lowest BCUT2D eigenvalue weighted by molar-refractivity contribution is -0.131. The molecule has 0 atom stereocenters. The van der Waals surface area contributed by atoms with Crippen molar-refractivity contribution in [2.45, 2.75) is 0 Å². The quantitative estimate of drug-likeness (QED) is 0.412. The molecular formula is C4H4O2. The van der Waals surface area contributed by atoms with E-state index in [1.54, 1.807) is 0 Å². The van der Waals surface area contributed by atoms with E-state index >= 15 is 0 Å². The molecule has 0 saturated carbocycles. The highest BCUT2D eigenvalue weighted by atomic mass is 16.2. The predicted octanol–water partition coefficient (Wildman–Crippen LogP) is -0.207. The van der Waals surface area contributed by atoms with Crippen molar-refractivity contribution in [2.24, 2.45) is 0 Å². The van der Waals surface area contributed by atoms with E-state index in [4.69, 9.17) is 0 Å². The Labute approximate surface area is 36.2 Å². The van der Waals surface area contributed by atoms with Crippen LogP contribution in [0.15, 0.2) is 0 Å². The minimum atomic E-state index is -0.741. The van der Waals surface area contributed by atoms with Crippen molar-refractivity contribution in [1.29, 1.82) is 0 Å². The first-order valence-electron chi connectivity index (χ1n) is 1.37. The summed E-state index contributed by atoms with van der Waals surface area (Å²) in [5.74, 6) is -1.48. The zero-order valence-electron chi connectivity index (χ0n) is 3.23. The van der Waals surface area contributed by atoms with Gasteiger partial charge in [0.2, 0.25) is 0 Å². The van der Waals surface area contributed by atoms with Crippen molar-refractivity contribution in [3.8, 4) is 0 Å². The van der Waals surface area contributed by atoms with Gasteiger partial charge in [0.25, 0.3) is 0 Å². The fourth-order valence-corrected chi connectivity index (χ4v) is 0. The monoisotopic (exact) mass is 84.0 g/mol. The number of rotatable bonds is 1. The lowest BCUT2D eigenvalue weighted by Crippen LogP contribution is -2.02. The molecule has 0 fully saturated rings. The Morgan fingerprint density at radius 3 is 1.17 bits per heavy atom. The smallest absolute Gasteiger partial charge is 0.198 e. The topological polar surface area (TPSA) is 34.1 Å². The van der Waals surface area contributed by atoms with Crippen molar-refractivity contribution in [1.82, 2.24) is 0 Å². The summed E-state index contributed by atoms with van der Waals surface area (Å²) in [4.78, 5) is 19.2. The molecule has 0 N–H and O–H groups in total. The average molecular weight is 84.1 g/mol. The molecule has 0 aliphatic heterocycles. The molecule has 0 rings (SSSR count). The van der Waals surface area contributed by atoms with Gasteiger partial charge in [-0.3, -0.25) is 9.59 Å². The van der Waals surface area contributed by atoms with Crippen LogP contribution in [0.4, 0.5) is 0 Å². The van der Waals surface area contributed by atoms with Gasteiger partial charge in [-0.1, -0.05) is 0 Å². The standard InChI is InChI=1S/C4H4O2/c1-3(5)4(2)6/h1-2H2. The number of ketones is 2. The summed E-state index contributed by atoms with van der Waals surface area (Å²) in [6.45, 7) is 5.57. The molecule has 0 saturated heterocycles. The van der Waals surface area contributed by atoms with Crippen molar-refractivity contribution >= 4 is 11.6 Å². The first kappa shape index (κ1) is 5.34. The van der Waals surface area contributed by atoms with Gasteiger partial charge in [-0.2, -0.15) is 0 Å². The van der Waals surface area contributed by atoms with Gasteiger partial charge in [0.15, 0.2) is 11.6 Å². The second kappa shape index (κ2) is 1.70. The van der Waals surface area contributed by atoms with Crippen LogP contribution in [0.2, 0.25) is 0 Å². The highest BCUT2D eigenvalue weighted by Crippen LogP contribution is 1.64. The molecule has 32 valence electrons. The molecule has 0 aromatic heterocycles. The normalized spacial score (nSPS) is 7.67. The first-order chi connectivity index (χ1) is 2.64. The van der Waals surface area contributed by atoms with Crippen LogP contribution in [-0.4, -0.2) is 11.6 Å². The van der Waals surface area contributed by atoms with Gasteiger partial charge < -0.3 is 0 Å². The molecular weight excluding hydrogens is 80.0 g/mol. The average Bonchev–Trinajstić information content (AvgIpc) is 1.36. The molecule has 0 unspecified atom stereocenters. The Kier molecular flexibility index (Phi) is 1.51. The largest absolute Gasteiger partial charge is 0.291 e. The Bertz CT molecular complexity index is 71.5. The van der Waals surface area contributed by atoms with E-state index in [0.29, 0.717) is 0 Å². The molecule has 0 amide bonds. The SMILES string of the molecule is [CH2]C(=O)C([CH2])=O. The number of carbonyl (C=O) groups is 2. The van der Waals surface area contributed by atoms with Crippen molar-refractivity contribution in [3.63, 3.8) is 0 Å². The summed E-state index contributed by atoms with van der Waals surface area (Å²) in [5.41, 5.74) is 0. The Morgan fingerprint density at radius 1 is 1.00 bits per heavy atom. The van der Waals surface area contributed by atoms with E-state index in [1.807, 2.05) is 0 Å². The first-order valence-corrected chi connectivity index (χ1v) is 1.37. The molecule has 0 aliphatic rings. The molecule has 2 heteroatoms. The van der Waals surface area contributed by atoms with Gasteiger partial charge >= 0.3 is 0 Å². The molecule has 0 heterocycles. The van der Waals surface area contributed by atoms with E-state index in [9.17, 15) is 9.59 Å². The summed E-state index contributed by atoms with van der Waals surface area (Å²) < 4.78 is 0. The van der Waals surface area contributed by atoms with Crippen molar-refractivity contribution < 1.29 is 9.59 Å². The van der Waals surface area contributed by atoms with Crippen LogP contribution < -0.4 is 0 Å². The summed E-state index contributed by atoms with van der Waals surface area (Å²) in [6, 6.07) is 0. The van der Waals surface area contributed by atoms with Crippen molar-refractivity contribution in [2.75, 3.05) is 0 Å². The lowest BCUT2D eigenvalue weighted by atomic mass is 10.3. The molecule has 0 aromatic rings. The van der Waals surface area contributed by atoms with Crippen LogP contribution in [0.1, 0.15) is 0 Å². The van der Waals surface area contributed by atoms with Crippen LogP contribution in [-0.2, 0) is 9.59 Å². The molecule has 2 nitrogen and oxygen atoms in total. The zero-order chi connectivity index (χ0) is 5.15. The zero-order valence-corrected chi connectivity index (χ0v) is 3.23. The predicted molar refractivity (Wildman–Crippen MR) is 20.7 cm³/mol. The van der Waals surface area contributed by atoms with Crippen LogP contribution in [0.3, 0.4) is 0 Å². The Morgan fingerprint density at radius 2 is 1.17 bits per heavy atom. The second-order valence-electron chi connectivity index (χ2n) is 0.846. The Balaban J connectivity index is 3.57. The summed E-state index contributed by atoms with van der Waals surface area (Å²) in [5, 5.41) is 0. The number of carbonyl (C=O) groups excluding carboxylic acids is 2. The summed E-state index contributed by atoms with van der Waals surface area (Å²) >= 11 is 0. The molecule has 0 spiro atoms. The van der Waals surface area contributed by atoms with E-state index in [1.165, 1.54) is 0 Å². The van der Waals surface area contributed by atoms with E-state index < -0.39 is 11.6 Å². The minimum absolute atomic E-state index is 0.741. The van der Waals surface area contributed by atoms with E-state index in [0.717, 1.165) is 0 Å².